The zero-order valence-corrected chi connectivity index (χ0v) is 9.11. The molecule has 2 unspecified atom stereocenters. The van der Waals surface area contributed by atoms with E-state index in [-0.39, 0.29) is 0 Å². The van der Waals surface area contributed by atoms with Crippen LogP contribution in [0.3, 0.4) is 0 Å². The van der Waals surface area contributed by atoms with Crippen LogP contribution < -0.4 is 11.5 Å². The molecule has 2 rings (SSSR count). The fourth-order valence-electron chi connectivity index (χ4n) is 1.94. The Hall–Kier alpha value is -2.14. The second-order valence-electron chi connectivity index (χ2n) is 4.03. The van der Waals surface area contributed by atoms with Crippen LogP contribution in [0.4, 0.5) is 0 Å². The second kappa shape index (κ2) is 4.03. The summed E-state index contributed by atoms with van der Waals surface area (Å²) < 4.78 is 0. The molecule has 0 aliphatic heterocycles. The minimum atomic E-state index is -1.15. The van der Waals surface area contributed by atoms with E-state index in [0.717, 1.165) is 0 Å². The van der Waals surface area contributed by atoms with Gasteiger partial charge in [0.15, 0.2) is 0 Å². The number of nitrogens with zero attached hydrogens (tertiary/aromatic N) is 1. The van der Waals surface area contributed by atoms with Crippen molar-refractivity contribution in [1.29, 1.82) is 0 Å². The van der Waals surface area contributed by atoms with Crippen LogP contribution in [-0.2, 0) is 5.54 Å². The summed E-state index contributed by atoms with van der Waals surface area (Å²) in [4.78, 5) is 10.7. The Morgan fingerprint density at radius 3 is 2.53 bits per heavy atom. The normalized spacial score (nSPS) is 27.6. The van der Waals surface area contributed by atoms with E-state index in [0.29, 0.717) is 11.3 Å². The zero-order valence-electron chi connectivity index (χ0n) is 9.11. The molecule has 88 valence electrons. The van der Waals surface area contributed by atoms with Crippen LogP contribution >= 0.6 is 0 Å². The molecule has 0 fully saturated rings. The number of nitro groups is 1. The van der Waals surface area contributed by atoms with E-state index in [1.165, 1.54) is 6.08 Å². The first kappa shape index (κ1) is 11.3. The van der Waals surface area contributed by atoms with Gasteiger partial charge in [-0.3, -0.25) is 10.1 Å². The summed E-state index contributed by atoms with van der Waals surface area (Å²) in [6.45, 7) is 0. The van der Waals surface area contributed by atoms with Gasteiger partial charge < -0.3 is 11.5 Å². The number of hydrogen-bond donors (Lipinski definition) is 2. The standard InChI is InChI=1S/C12H13N3O2/c13-10-6-7-12(14,11(8-10)15(16)17)9-4-2-1-3-5-9/h1-8,11H,13-14H2. The molecule has 0 saturated carbocycles. The molecular weight excluding hydrogens is 218 g/mol. The molecule has 1 aliphatic carbocycles. The topological polar surface area (TPSA) is 95.2 Å². The van der Waals surface area contributed by atoms with Gasteiger partial charge in [0.1, 0.15) is 5.54 Å². The summed E-state index contributed by atoms with van der Waals surface area (Å²) in [5.74, 6) is 0. The first-order valence-corrected chi connectivity index (χ1v) is 5.18. The van der Waals surface area contributed by atoms with Crippen LogP contribution in [0.15, 0.2) is 54.3 Å². The minimum absolute atomic E-state index is 0.365. The third-order valence-corrected chi connectivity index (χ3v) is 2.89. The molecule has 0 radical (unpaired) electrons. The lowest BCUT2D eigenvalue weighted by Gasteiger charge is -2.30. The lowest BCUT2D eigenvalue weighted by atomic mass is 9.80. The highest BCUT2D eigenvalue weighted by atomic mass is 16.6. The molecule has 0 bridgehead atoms. The van der Waals surface area contributed by atoms with E-state index in [9.17, 15) is 10.1 Å². The number of benzene rings is 1. The average Bonchev–Trinajstić information content (AvgIpc) is 2.33. The highest BCUT2D eigenvalue weighted by Gasteiger charge is 2.43. The summed E-state index contributed by atoms with van der Waals surface area (Å²) in [5, 5.41) is 11.1. The molecular formula is C12H13N3O2. The molecule has 0 amide bonds. The maximum Gasteiger partial charge on any atom is 0.258 e. The maximum atomic E-state index is 11.1. The van der Waals surface area contributed by atoms with E-state index in [1.807, 2.05) is 6.07 Å². The summed E-state index contributed by atoms with van der Waals surface area (Å²) in [6, 6.07) is 7.94. The summed E-state index contributed by atoms with van der Waals surface area (Å²) >= 11 is 0. The Morgan fingerprint density at radius 2 is 1.94 bits per heavy atom. The van der Waals surface area contributed by atoms with Crippen molar-refractivity contribution in [1.82, 2.24) is 0 Å². The summed E-state index contributed by atoms with van der Waals surface area (Å²) in [7, 11) is 0. The van der Waals surface area contributed by atoms with Gasteiger partial charge in [-0.15, -0.1) is 0 Å². The van der Waals surface area contributed by atoms with Crippen molar-refractivity contribution in [2.24, 2.45) is 11.5 Å². The Bertz CT molecular complexity index is 496. The van der Waals surface area contributed by atoms with Crippen molar-refractivity contribution in [3.8, 4) is 0 Å². The maximum absolute atomic E-state index is 11.1. The monoisotopic (exact) mass is 231 g/mol. The Kier molecular flexibility index (Phi) is 2.69. The van der Waals surface area contributed by atoms with Gasteiger partial charge in [-0.2, -0.15) is 0 Å². The number of rotatable bonds is 2. The summed E-state index contributed by atoms with van der Waals surface area (Å²) in [6.07, 6.45) is 4.57. The van der Waals surface area contributed by atoms with E-state index >= 15 is 0 Å². The van der Waals surface area contributed by atoms with Gasteiger partial charge in [-0.1, -0.05) is 36.4 Å². The molecule has 1 aliphatic rings. The van der Waals surface area contributed by atoms with Crippen LogP contribution in [0.2, 0.25) is 0 Å². The lowest BCUT2D eigenvalue weighted by molar-refractivity contribution is -0.519. The van der Waals surface area contributed by atoms with E-state index < -0.39 is 16.5 Å². The molecule has 0 spiro atoms. The smallest absolute Gasteiger partial charge is 0.258 e. The van der Waals surface area contributed by atoms with E-state index in [4.69, 9.17) is 11.5 Å². The molecule has 17 heavy (non-hydrogen) atoms. The predicted octanol–water partition coefficient (Wildman–Crippen LogP) is 0.898. The van der Waals surface area contributed by atoms with E-state index in [2.05, 4.69) is 0 Å². The van der Waals surface area contributed by atoms with Crippen LogP contribution in [0, 0.1) is 10.1 Å². The van der Waals surface area contributed by atoms with Gasteiger partial charge >= 0.3 is 0 Å². The first-order chi connectivity index (χ1) is 8.04. The number of allylic oxidation sites excluding steroid dienone is 1. The van der Waals surface area contributed by atoms with Gasteiger partial charge in [0.2, 0.25) is 0 Å². The molecule has 0 saturated heterocycles. The molecule has 0 aromatic heterocycles. The third kappa shape index (κ3) is 1.92. The fraction of sp³-hybridized carbons (Fsp3) is 0.167. The van der Waals surface area contributed by atoms with E-state index in [1.54, 1.807) is 36.4 Å². The molecule has 1 aromatic rings. The SMILES string of the molecule is NC1=CC([N+](=O)[O-])C(N)(c2ccccc2)C=C1. The van der Waals surface area contributed by atoms with Crippen LogP contribution in [0.25, 0.3) is 0 Å². The second-order valence-corrected chi connectivity index (χ2v) is 4.03. The molecule has 5 nitrogen and oxygen atoms in total. The van der Waals surface area contributed by atoms with Crippen molar-refractivity contribution in [3.05, 3.63) is 69.9 Å². The van der Waals surface area contributed by atoms with Crippen LogP contribution in [0.1, 0.15) is 5.56 Å². The molecule has 4 N–H and O–H groups in total. The minimum Gasteiger partial charge on any atom is -0.399 e. The largest absolute Gasteiger partial charge is 0.399 e. The van der Waals surface area contributed by atoms with Crippen molar-refractivity contribution in [2.75, 3.05) is 0 Å². The Morgan fingerprint density at radius 1 is 1.29 bits per heavy atom. The average molecular weight is 231 g/mol. The quantitative estimate of drug-likeness (QED) is 0.584. The van der Waals surface area contributed by atoms with Gasteiger partial charge in [-0.25, -0.2) is 0 Å². The Labute approximate surface area is 98.6 Å². The van der Waals surface area contributed by atoms with Crippen molar-refractivity contribution in [3.63, 3.8) is 0 Å². The molecule has 5 heteroatoms. The molecule has 1 aromatic carbocycles. The predicted molar refractivity (Wildman–Crippen MR) is 64.5 cm³/mol. The van der Waals surface area contributed by atoms with Gasteiger partial charge in [-0.05, 0) is 11.6 Å². The van der Waals surface area contributed by atoms with Crippen LogP contribution in [-0.4, -0.2) is 11.0 Å². The highest BCUT2D eigenvalue weighted by molar-refractivity contribution is 5.39. The van der Waals surface area contributed by atoms with Crippen molar-refractivity contribution < 1.29 is 4.92 Å². The van der Waals surface area contributed by atoms with Gasteiger partial charge in [0, 0.05) is 16.7 Å². The van der Waals surface area contributed by atoms with Crippen molar-refractivity contribution >= 4 is 0 Å². The summed E-state index contributed by atoms with van der Waals surface area (Å²) in [5.41, 5.74) is 11.7. The number of nitrogens with two attached hydrogens (primary N) is 2. The fourth-order valence-corrected chi connectivity index (χ4v) is 1.94. The van der Waals surface area contributed by atoms with Gasteiger partial charge in [0.05, 0.1) is 0 Å². The highest BCUT2D eigenvalue weighted by Crippen LogP contribution is 2.30. The van der Waals surface area contributed by atoms with Crippen LogP contribution in [0.5, 0.6) is 0 Å². The zero-order chi connectivity index (χ0) is 12.5. The number of hydrogen-bond acceptors (Lipinski definition) is 4. The Balaban J connectivity index is 2.49. The van der Waals surface area contributed by atoms with Gasteiger partial charge in [0.25, 0.3) is 6.04 Å². The third-order valence-electron chi connectivity index (χ3n) is 2.89. The molecule has 0 heterocycles. The lowest BCUT2D eigenvalue weighted by Crippen LogP contribution is -2.50. The molecule has 2 atom stereocenters. The first-order valence-electron chi connectivity index (χ1n) is 5.18. The van der Waals surface area contributed by atoms with Crippen molar-refractivity contribution in [2.45, 2.75) is 11.6 Å².